The van der Waals surface area contributed by atoms with Crippen molar-refractivity contribution in [3.05, 3.63) is 34.3 Å². The van der Waals surface area contributed by atoms with Crippen molar-refractivity contribution in [3.63, 3.8) is 0 Å². The van der Waals surface area contributed by atoms with E-state index in [9.17, 15) is 4.79 Å². The largest absolute Gasteiger partial charge is 0.338 e. The Bertz CT molecular complexity index is 392. The van der Waals surface area contributed by atoms with E-state index >= 15 is 0 Å². The Morgan fingerprint density at radius 3 is 2.47 bits per heavy atom. The van der Waals surface area contributed by atoms with Crippen LogP contribution in [-0.4, -0.2) is 29.9 Å². The summed E-state index contributed by atoms with van der Waals surface area (Å²) in [6.07, 6.45) is 1.80. The van der Waals surface area contributed by atoms with Crippen molar-refractivity contribution >= 4 is 34.2 Å². The average Bonchev–Trinajstić information content (AvgIpc) is 2.30. The molecule has 1 fully saturated rings. The molecule has 0 aromatic heterocycles. The number of carbonyl (C=O) groups excluding carboxylic acids is 1. The normalized spacial score (nSPS) is 16.5. The zero-order chi connectivity index (χ0) is 11.5. The standard InChI is InChI=1S/C12H15BrN2O.ClH/c13-11-4-2-1-3-10(11)12(16)15-7-5-9(14)6-8-15;/h1-4,9H,5-8,14H2;1H. The fraction of sp³-hybridized carbons (Fsp3) is 0.417. The Kier molecular flexibility index (Phi) is 5.43. The minimum Gasteiger partial charge on any atom is -0.338 e. The van der Waals surface area contributed by atoms with Crippen LogP contribution in [0, 0.1) is 0 Å². The van der Waals surface area contributed by atoms with Gasteiger partial charge in [0.05, 0.1) is 5.56 Å². The fourth-order valence-electron chi connectivity index (χ4n) is 1.91. The molecule has 1 amide bonds. The van der Waals surface area contributed by atoms with Crippen LogP contribution in [0.3, 0.4) is 0 Å². The zero-order valence-corrected chi connectivity index (χ0v) is 11.8. The van der Waals surface area contributed by atoms with Gasteiger partial charge in [-0.15, -0.1) is 12.4 Å². The van der Waals surface area contributed by atoms with Gasteiger partial charge in [-0.1, -0.05) is 12.1 Å². The van der Waals surface area contributed by atoms with Gasteiger partial charge in [-0.2, -0.15) is 0 Å². The molecule has 0 atom stereocenters. The third-order valence-electron chi connectivity index (χ3n) is 2.93. The second kappa shape index (κ2) is 6.38. The molecule has 2 N–H and O–H groups in total. The molecule has 1 saturated heterocycles. The van der Waals surface area contributed by atoms with Gasteiger partial charge in [0.25, 0.3) is 5.91 Å². The lowest BCUT2D eigenvalue weighted by Gasteiger charge is -2.30. The molecular formula is C12H16BrClN2O. The van der Waals surface area contributed by atoms with E-state index in [2.05, 4.69) is 15.9 Å². The summed E-state index contributed by atoms with van der Waals surface area (Å²) in [6, 6.07) is 7.79. The zero-order valence-electron chi connectivity index (χ0n) is 9.43. The molecule has 1 aromatic carbocycles. The molecule has 94 valence electrons. The molecule has 0 saturated carbocycles. The maximum atomic E-state index is 12.2. The molecule has 1 aliphatic heterocycles. The maximum absolute atomic E-state index is 12.2. The summed E-state index contributed by atoms with van der Waals surface area (Å²) in [5, 5.41) is 0. The van der Waals surface area contributed by atoms with Crippen molar-refractivity contribution in [1.29, 1.82) is 0 Å². The summed E-state index contributed by atoms with van der Waals surface area (Å²) >= 11 is 3.40. The van der Waals surface area contributed by atoms with E-state index in [1.807, 2.05) is 29.2 Å². The van der Waals surface area contributed by atoms with Crippen molar-refractivity contribution in [1.82, 2.24) is 4.90 Å². The van der Waals surface area contributed by atoms with Crippen molar-refractivity contribution in [2.45, 2.75) is 18.9 Å². The molecule has 5 heteroatoms. The highest BCUT2D eigenvalue weighted by Crippen LogP contribution is 2.19. The van der Waals surface area contributed by atoms with Gasteiger partial charge in [0, 0.05) is 23.6 Å². The monoisotopic (exact) mass is 318 g/mol. The maximum Gasteiger partial charge on any atom is 0.254 e. The van der Waals surface area contributed by atoms with Gasteiger partial charge in [0.1, 0.15) is 0 Å². The van der Waals surface area contributed by atoms with Crippen molar-refractivity contribution in [3.8, 4) is 0 Å². The van der Waals surface area contributed by atoms with Crippen molar-refractivity contribution < 1.29 is 4.79 Å². The number of benzene rings is 1. The smallest absolute Gasteiger partial charge is 0.254 e. The van der Waals surface area contributed by atoms with Crippen LogP contribution in [0.2, 0.25) is 0 Å². The van der Waals surface area contributed by atoms with Crippen molar-refractivity contribution in [2.75, 3.05) is 13.1 Å². The Morgan fingerprint density at radius 1 is 1.29 bits per heavy atom. The Labute approximate surface area is 116 Å². The van der Waals surface area contributed by atoms with E-state index in [0.29, 0.717) is 0 Å². The molecule has 3 nitrogen and oxygen atoms in total. The first-order valence-electron chi connectivity index (χ1n) is 5.48. The van der Waals surface area contributed by atoms with Crippen LogP contribution in [0.15, 0.2) is 28.7 Å². The third kappa shape index (κ3) is 3.44. The van der Waals surface area contributed by atoms with Crippen LogP contribution in [0.1, 0.15) is 23.2 Å². The van der Waals surface area contributed by atoms with Gasteiger partial charge >= 0.3 is 0 Å². The molecule has 1 aliphatic rings. The molecule has 1 heterocycles. The second-order valence-corrected chi connectivity index (χ2v) is 4.96. The summed E-state index contributed by atoms with van der Waals surface area (Å²) in [4.78, 5) is 14.1. The molecule has 1 aromatic rings. The predicted molar refractivity (Wildman–Crippen MR) is 74.5 cm³/mol. The number of nitrogens with two attached hydrogens (primary N) is 1. The SMILES string of the molecule is Cl.NC1CCN(C(=O)c2ccccc2Br)CC1. The van der Waals surface area contributed by atoms with Crippen LogP contribution >= 0.6 is 28.3 Å². The second-order valence-electron chi connectivity index (χ2n) is 4.11. The van der Waals surface area contributed by atoms with E-state index in [1.165, 1.54) is 0 Å². The minimum absolute atomic E-state index is 0. The molecule has 0 spiro atoms. The van der Waals surface area contributed by atoms with Crippen LogP contribution in [0.4, 0.5) is 0 Å². The van der Waals surface area contributed by atoms with Crippen LogP contribution < -0.4 is 5.73 Å². The average molecular weight is 320 g/mol. The first-order chi connectivity index (χ1) is 7.68. The lowest BCUT2D eigenvalue weighted by molar-refractivity contribution is 0.0714. The highest BCUT2D eigenvalue weighted by molar-refractivity contribution is 9.10. The van der Waals surface area contributed by atoms with Gasteiger partial charge in [0.2, 0.25) is 0 Å². The van der Waals surface area contributed by atoms with E-state index in [-0.39, 0.29) is 24.4 Å². The van der Waals surface area contributed by atoms with Crippen molar-refractivity contribution in [2.24, 2.45) is 5.73 Å². The Morgan fingerprint density at radius 2 is 1.88 bits per heavy atom. The van der Waals surface area contributed by atoms with Gasteiger partial charge < -0.3 is 10.6 Å². The highest BCUT2D eigenvalue weighted by Gasteiger charge is 2.22. The van der Waals surface area contributed by atoms with Crippen LogP contribution in [-0.2, 0) is 0 Å². The molecule has 0 radical (unpaired) electrons. The van der Waals surface area contributed by atoms with Crippen LogP contribution in [0.5, 0.6) is 0 Å². The highest BCUT2D eigenvalue weighted by atomic mass is 79.9. The molecule has 0 unspecified atom stereocenters. The summed E-state index contributed by atoms with van der Waals surface area (Å²) < 4.78 is 0.856. The quantitative estimate of drug-likeness (QED) is 0.864. The van der Waals surface area contributed by atoms with E-state index in [1.54, 1.807) is 0 Å². The lowest BCUT2D eigenvalue weighted by Crippen LogP contribution is -2.42. The molecule has 0 aliphatic carbocycles. The number of amides is 1. The summed E-state index contributed by atoms with van der Waals surface area (Å²) in [6.45, 7) is 1.53. The lowest BCUT2D eigenvalue weighted by atomic mass is 10.1. The van der Waals surface area contributed by atoms with Gasteiger partial charge in [-0.3, -0.25) is 4.79 Å². The Hall–Kier alpha value is -0.580. The summed E-state index contributed by atoms with van der Waals surface area (Å²) in [7, 11) is 0. The third-order valence-corrected chi connectivity index (χ3v) is 3.62. The minimum atomic E-state index is 0. The first kappa shape index (κ1) is 14.5. The number of halogens is 2. The number of hydrogen-bond acceptors (Lipinski definition) is 2. The number of likely N-dealkylation sites (tertiary alicyclic amines) is 1. The number of hydrogen-bond donors (Lipinski definition) is 1. The predicted octanol–water partition coefficient (Wildman–Crippen LogP) is 2.43. The number of carbonyl (C=O) groups is 1. The molecular weight excluding hydrogens is 304 g/mol. The summed E-state index contributed by atoms with van der Waals surface area (Å²) in [5.41, 5.74) is 6.55. The molecule has 2 rings (SSSR count). The van der Waals surface area contributed by atoms with E-state index in [0.717, 1.165) is 36.0 Å². The fourth-order valence-corrected chi connectivity index (χ4v) is 2.36. The van der Waals surface area contributed by atoms with Gasteiger partial charge in [0.15, 0.2) is 0 Å². The molecule has 0 bridgehead atoms. The number of nitrogens with zero attached hydrogens (tertiary/aromatic N) is 1. The van der Waals surface area contributed by atoms with E-state index < -0.39 is 0 Å². The number of rotatable bonds is 1. The Balaban J connectivity index is 0.00000144. The molecule has 17 heavy (non-hydrogen) atoms. The summed E-state index contributed by atoms with van der Waals surface area (Å²) in [5.74, 6) is 0.0966. The van der Waals surface area contributed by atoms with Gasteiger partial charge in [-0.25, -0.2) is 0 Å². The van der Waals surface area contributed by atoms with E-state index in [4.69, 9.17) is 5.73 Å². The number of piperidine rings is 1. The first-order valence-corrected chi connectivity index (χ1v) is 6.27. The topological polar surface area (TPSA) is 46.3 Å². The van der Waals surface area contributed by atoms with Crippen LogP contribution in [0.25, 0.3) is 0 Å². The van der Waals surface area contributed by atoms with Gasteiger partial charge in [-0.05, 0) is 40.9 Å².